The van der Waals surface area contributed by atoms with Crippen LogP contribution in [0.3, 0.4) is 0 Å². The Labute approximate surface area is 119 Å². The van der Waals surface area contributed by atoms with Gasteiger partial charge in [-0.15, -0.1) is 0 Å². The zero-order valence-corrected chi connectivity index (χ0v) is 11.9. The summed E-state index contributed by atoms with van der Waals surface area (Å²) in [4.78, 5) is 2.38. The second-order valence-corrected chi connectivity index (χ2v) is 5.51. The molecule has 0 bridgehead atoms. The third-order valence-electron chi connectivity index (χ3n) is 3.82. The Morgan fingerprint density at radius 1 is 1.35 bits per heavy atom. The van der Waals surface area contributed by atoms with Crippen LogP contribution in [0.25, 0.3) is 0 Å². The predicted molar refractivity (Wildman–Crippen MR) is 76.0 cm³/mol. The van der Waals surface area contributed by atoms with Gasteiger partial charge in [0.05, 0.1) is 6.10 Å². The van der Waals surface area contributed by atoms with E-state index in [2.05, 4.69) is 11.8 Å². The standard InChI is InChI=1S/C15H22N2O3/c1-11-8-17(5-2-6-18-11)9-13(16)12-3-4-14-15(7-12)20-10-19-14/h3-4,7,11,13H,2,5-6,8-10,16H2,1H3. The fourth-order valence-corrected chi connectivity index (χ4v) is 2.77. The Morgan fingerprint density at radius 2 is 2.20 bits per heavy atom. The summed E-state index contributed by atoms with van der Waals surface area (Å²) in [5, 5.41) is 0. The van der Waals surface area contributed by atoms with Gasteiger partial charge in [-0.25, -0.2) is 0 Å². The maximum atomic E-state index is 6.34. The molecular formula is C15H22N2O3. The topological polar surface area (TPSA) is 57.0 Å². The van der Waals surface area contributed by atoms with Crippen molar-refractivity contribution in [1.82, 2.24) is 4.90 Å². The van der Waals surface area contributed by atoms with Crippen LogP contribution < -0.4 is 15.2 Å². The molecule has 5 heteroatoms. The largest absolute Gasteiger partial charge is 0.454 e. The minimum absolute atomic E-state index is 0.0187. The van der Waals surface area contributed by atoms with Gasteiger partial charge in [0.1, 0.15) is 0 Å². The molecule has 1 saturated heterocycles. The lowest BCUT2D eigenvalue weighted by atomic mass is 10.1. The highest BCUT2D eigenvalue weighted by Gasteiger charge is 2.20. The second kappa shape index (κ2) is 5.99. The van der Waals surface area contributed by atoms with Crippen LogP contribution in [0.4, 0.5) is 0 Å². The van der Waals surface area contributed by atoms with Crippen molar-refractivity contribution in [3.05, 3.63) is 23.8 Å². The summed E-state index contributed by atoms with van der Waals surface area (Å²) in [5.74, 6) is 1.60. The molecule has 2 heterocycles. The number of ether oxygens (including phenoxy) is 3. The molecule has 0 amide bonds. The summed E-state index contributed by atoms with van der Waals surface area (Å²) in [6.45, 7) is 6.09. The van der Waals surface area contributed by atoms with Gasteiger partial charge < -0.3 is 19.9 Å². The van der Waals surface area contributed by atoms with Crippen LogP contribution in [-0.2, 0) is 4.74 Å². The number of nitrogens with zero attached hydrogens (tertiary/aromatic N) is 1. The summed E-state index contributed by atoms with van der Waals surface area (Å²) in [6, 6.07) is 5.93. The highest BCUT2D eigenvalue weighted by atomic mass is 16.7. The van der Waals surface area contributed by atoms with Crippen LogP contribution in [-0.4, -0.2) is 44.0 Å². The summed E-state index contributed by atoms with van der Waals surface area (Å²) >= 11 is 0. The number of hydrogen-bond donors (Lipinski definition) is 1. The molecule has 0 aliphatic carbocycles. The molecule has 1 fully saturated rings. The number of nitrogens with two attached hydrogens (primary N) is 1. The Hall–Kier alpha value is -1.30. The van der Waals surface area contributed by atoms with Gasteiger partial charge >= 0.3 is 0 Å². The first-order chi connectivity index (χ1) is 9.72. The van der Waals surface area contributed by atoms with Crippen molar-refractivity contribution < 1.29 is 14.2 Å². The number of fused-ring (bicyclic) bond motifs is 1. The summed E-state index contributed by atoms with van der Waals surface area (Å²) in [5.41, 5.74) is 7.43. The van der Waals surface area contributed by atoms with Crippen molar-refractivity contribution in [2.24, 2.45) is 5.73 Å². The molecule has 2 N–H and O–H groups in total. The number of rotatable bonds is 3. The normalized spacial score (nSPS) is 24.4. The lowest BCUT2D eigenvalue weighted by Gasteiger charge is -2.25. The highest BCUT2D eigenvalue weighted by molar-refractivity contribution is 5.45. The van der Waals surface area contributed by atoms with Crippen molar-refractivity contribution in [3.63, 3.8) is 0 Å². The van der Waals surface area contributed by atoms with Crippen molar-refractivity contribution in [2.75, 3.05) is 33.0 Å². The minimum atomic E-state index is -0.0187. The molecule has 2 unspecified atom stereocenters. The van der Waals surface area contributed by atoms with Crippen molar-refractivity contribution >= 4 is 0 Å². The van der Waals surface area contributed by atoms with E-state index in [0.29, 0.717) is 6.79 Å². The van der Waals surface area contributed by atoms with Crippen LogP contribution in [0.15, 0.2) is 18.2 Å². The molecule has 3 rings (SSSR count). The Morgan fingerprint density at radius 3 is 3.10 bits per heavy atom. The van der Waals surface area contributed by atoms with Crippen LogP contribution in [0.5, 0.6) is 11.5 Å². The van der Waals surface area contributed by atoms with E-state index >= 15 is 0 Å². The van der Waals surface area contributed by atoms with E-state index in [1.165, 1.54) is 0 Å². The molecular weight excluding hydrogens is 256 g/mol. The minimum Gasteiger partial charge on any atom is -0.454 e. The Kier molecular flexibility index (Phi) is 4.10. The van der Waals surface area contributed by atoms with E-state index in [-0.39, 0.29) is 12.1 Å². The fourth-order valence-electron chi connectivity index (χ4n) is 2.77. The lowest BCUT2D eigenvalue weighted by Crippen LogP contribution is -2.36. The van der Waals surface area contributed by atoms with Crippen molar-refractivity contribution in [1.29, 1.82) is 0 Å². The molecule has 0 radical (unpaired) electrons. The van der Waals surface area contributed by atoms with Crippen LogP contribution in [0.2, 0.25) is 0 Å². The molecule has 1 aromatic carbocycles. The SMILES string of the molecule is CC1CN(CC(N)c2ccc3c(c2)OCO3)CCCO1. The summed E-state index contributed by atoms with van der Waals surface area (Å²) < 4.78 is 16.4. The molecule has 5 nitrogen and oxygen atoms in total. The van der Waals surface area contributed by atoms with E-state index in [1.807, 2.05) is 18.2 Å². The van der Waals surface area contributed by atoms with Gasteiger partial charge in [-0.1, -0.05) is 6.07 Å². The van der Waals surface area contributed by atoms with Crippen molar-refractivity contribution in [3.8, 4) is 11.5 Å². The molecule has 0 aromatic heterocycles. The van der Waals surface area contributed by atoms with Gasteiger partial charge in [0.25, 0.3) is 0 Å². The highest BCUT2D eigenvalue weighted by Crippen LogP contribution is 2.33. The van der Waals surface area contributed by atoms with E-state index in [9.17, 15) is 0 Å². The summed E-state index contributed by atoms with van der Waals surface area (Å²) in [6.07, 6.45) is 1.35. The molecule has 2 aliphatic rings. The third-order valence-corrected chi connectivity index (χ3v) is 3.82. The van der Waals surface area contributed by atoms with E-state index in [0.717, 1.165) is 49.7 Å². The maximum Gasteiger partial charge on any atom is 0.231 e. The van der Waals surface area contributed by atoms with Gasteiger partial charge in [0, 0.05) is 32.3 Å². The predicted octanol–water partition coefficient (Wildman–Crippen LogP) is 1.53. The zero-order chi connectivity index (χ0) is 13.9. The molecule has 2 atom stereocenters. The first-order valence-corrected chi connectivity index (χ1v) is 7.21. The molecule has 0 saturated carbocycles. The first kappa shape index (κ1) is 13.7. The van der Waals surface area contributed by atoms with Crippen LogP contribution >= 0.6 is 0 Å². The smallest absolute Gasteiger partial charge is 0.231 e. The molecule has 110 valence electrons. The monoisotopic (exact) mass is 278 g/mol. The van der Waals surface area contributed by atoms with E-state index < -0.39 is 0 Å². The van der Waals surface area contributed by atoms with Crippen LogP contribution in [0.1, 0.15) is 24.9 Å². The van der Waals surface area contributed by atoms with Gasteiger partial charge in [-0.2, -0.15) is 0 Å². The first-order valence-electron chi connectivity index (χ1n) is 7.21. The Balaban J connectivity index is 1.64. The van der Waals surface area contributed by atoms with E-state index in [1.54, 1.807) is 0 Å². The molecule has 0 spiro atoms. The molecule has 20 heavy (non-hydrogen) atoms. The Bertz CT molecular complexity index is 466. The second-order valence-electron chi connectivity index (χ2n) is 5.51. The maximum absolute atomic E-state index is 6.34. The van der Waals surface area contributed by atoms with Gasteiger partial charge in [0.15, 0.2) is 11.5 Å². The average molecular weight is 278 g/mol. The fraction of sp³-hybridized carbons (Fsp3) is 0.600. The zero-order valence-electron chi connectivity index (χ0n) is 11.9. The average Bonchev–Trinajstić information content (AvgIpc) is 2.81. The lowest BCUT2D eigenvalue weighted by molar-refractivity contribution is 0.0670. The van der Waals surface area contributed by atoms with Gasteiger partial charge in [0.2, 0.25) is 6.79 Å². The van der Waals surface area contributed by atoms with Crippen LogP contribution in [0, 0.1) is 0 Å². The number of hydrogen-bond acceptors (Lipinski definition) is 5. The van der Waals surface area contributed by atoms with E-state index in [4.69, 9.17) is 19.9 Å². The quantitative estimate of drug-likeness (QED) is 0.908. The van der Waals surface area contributed by atoms with Gasteiger partial charge in [-0.3, -0.25) is 4.90 Å². The molecule has 1 aromatic rings. The summed E-state index contributed by atoms with van der Waals surface area (Å²) in [7, 11) is 0. The third kappa shape index (κ3) is 3.06. The number of benzene rings is 1. The van der Waals surface area contributed by atoms with Gasteiger partial charge in [-0.05, 0) is 31.0 Å². The van der Waals surface area contributed by atoms with Crippen molar-refractivity contribution in [2.45, 2.75) is 25.5 Å². The molecule has 2 aliphatic heterocycles.